The van der Waals surface area contributed by atoms with Gasteiger partial charge in [-0.05, 0) is 45.6 Å². The van der Waals surface area contributed by atoms with Gasteiger partial charge in [-0.1, -0.05) is 30.7 Å². The minimum atomic E-state index is -0.801. The Labute approximate surface area is 230 Å². The quantitative estimate of drug-likeness (QED) is 0.183. The normalized spacial score (nSPS) is 35.7. The molecule has 1 amide bonds. The third-order valence-electron chi connectivity index (χ3n) is 7.55. The SMILES string of the molecule is COC(=O)C[C@@H]1C[C@@]2(CO2)[C@H](O)[C@@H](/C=C/C(C)=C\C[C@@H]2O[C@H](C)[C@H](NC(=O)/C=C\[C@H](C)OC(C)=O)C[C@H]2C)O1. The van der Waals surface area contributed by atoms with Crippen LogP contribution in [-0.2, 0) is 38.1 Å². The van der Waals surface area contributed by atoms with Gasteiger partial charge in [0.15, 0.2) is 0 Å². The number of aliphatic hydroxyl groups is 1. The summed E-state index contributed by atoms with van der Waals surface area (Å²) < 4.78 is 27.5. The zero-order valence-electron chi connectivity index (χ0n) is 23.8. The first-order valence-electron chi connectivity index (χ1n) is 13.6. The Bertz CT molecular complexity index is 970. The number of allylic oxidation sites excluding steroid dienone is 2. The largest absolute Gasteiger partial charge is 0.469 e. The Balaban J connectivity index is 1.50. The maximum atomic E-state index is 12.3. The van der Waals surface area contributed by atoms with Gasteiger partial charge in [0, 0.05) is 19.4 Å². The van der Waals surface area contributed by atoms with E-state index in [1.165, 1.54) is 20.1 Å². The van der Waals surface area contributed by atoms with E-state index < -0.39 is 29.9 Å². The lowest BCUT2D eigenvalue weighted by Gasteiger charge is -2.39. The molecule has 0 unspecified atom stereocenters. The van der Waals surface area contributed by atoms with Crippen molar-refractivity contribution in [1.82, 2.24) is 5.32 Å². The Morgan fingerprint density at radius 2 is 1.90 bits per heavy atom. The summed E-state index contributed by atoms with van der Waals surface area (Å²) in [5, 5.41) is 13.7. The molecule has 0 aromatic rings. The Hall–Kier alpha value is -2.53. The van der Waals surface area contributed by atoms with Crippen LogP contribution in [0, 0.1) is 5.92 Å². The van der Waals surface area contributed by atoms with Crippen LogP contribution in [0.5, 0.6) is 0 Å². The number of hydrogen-bond donors (Lipinski definition) is 2. The van der Waals surface area contributed by atoms with Crippen molar-refractivity contribution in [3.05, 3.63) is 36.0 Å². The maximum Gasteiger partial charge on any atom is 0.308 e. The number of hydrogen-bond acceptors (Lipinski definition) is 9. The van der Waals surface area contributed by atoms with Crippen LogP contribution in [0.25, 0.3) is 0 Å². The van der Waals surface area contributed by atoms with Crippen molar-refractivity contribution in [3.8, 4) is 0 Å². The average Bonchev–Trinajstić information content (AvgIpc) is 3.64. The average molecular weight is 550 g/mol. The third kappa shape index (κ3) is 8.99. The highest BCUT2D eigenvalue weighted by Gasteiger charge is 2.58. The molecule has 2 N–H and O–H groups in total. The first kappa shape index (κ1) is 31.0. The van der Waals surface area contributed by atoms with Crippen molar-refractivity contribution in [3.63, 3.8) is 0 Å². The van der Waals surface area contributed by atoms with Crippen LogP contribution in [0.15, 0.2) is 36.0 Å². The number of epoxide rings is 1. The van der Waals surface area contributed by atoms with Gasteiger partial charge in [0.05, 0.1) is 44.5 Å². The van der Waals surface area contributed by atoms with E-state index in [2.05, 4.69) is 18.3 Å². The van der Waals surface area contributed by atoms with Crippen molar-refractivity contribution in [1.29, 1.82) is 0 Å². The smallest absolute Gasteiger partial charge is 0.308 e. The van der Waals surface area contributed by atoms with Crippen molar-refractivity contribution < 1.29 is 43.2 Å². The molecular formula is C29H43NO9. The standard InChI is InChI=1S/C29H43NO9/c1-17(8-11-25-28(34)29(16-36-29)15-22(39-25)14-27(33)35-6)7-10-24-18(2)13-23(20(4)38-24)30-26(32)12-9-19(3)37-21(5)31/h7-9,11-12,18-20,22-25,28,34H,10,13-16H2,1-6H3,(H,30,32)/b11-8+,12-9-,17-7-/t18-,19+,20-,22-,23-,24+,25-,28-,29-/m1/s1. The summed E-state index contributed by atoms with van der Waals surface area (Å²) in [6.07, 6.45) is 8.42. The summed E-state index contributed by atoms with van der Waals surface area (Å²) in [7, 11) is 1.34. The first-order valence-corrected chi connectivity index (χ1v) is 13.6. The molecule has 3 aliphatic rings. The maximum absolute atomic E-state index is 12.3. The van der Waals surface area contributed by atoms with Crippen LogP contribution in [0.4, 0.5) is 0 Å². The number of nitrogens with one attached hydrogen (secondary N) is 1. The van der Waals surface area contributed by atoms with Crippen LogP contribution >= 0.6 is 0 Å². The van der Waals surface area contributed by atoms with Gasteiger partial charge in [-0.2, -0.15) is 0 Å². The second-order valence-corrected chi connectivity index (χ2v) is 10.9. The van der Waals surface area contributed by atoms with E-state index in [0.29, 0.717) is 19.4 Å². The van der Waals surface area contributed by atoms with Gasteiger partial charge < -0.3 is 34.1 Å². The Morgan fingerprint density at radius 3 is 2.54 bits per heavy atom. The van der Waals surface area contributed by atoms with E-state index in [4.69, 9.17) is 23.7 Å². The molecule has 3 fully saturated rings. The van der Waals surface area contributed by atoms with E-state index in [1.807, 2.05) is 26.0 Å². The second-order valence-electron chi connectivity index (χ2n) is 10.9. The molecular weight excluding hydrogens is 506 g/mol. The molecule has 1 spiro atoms. The number of amides is 1. The first-order chi connectivity index (χ1) is 18.4. The van der Waals surface area contributed by atoms with Gasteiger partial charge in [-0.3, -0.25) is 14.4 Å². The van der Waals surface area contributed by atoms with Crippen molar-refractivity contribution in [2.75, 3.05) is 13.7 Å². The Morgan fingerprint density at radius 1 is 1.18 bits per heavy atom. The number of aliphatic hydroxyl groups excluding tert-OH is 1. The van der Waals surface area contributed by atoms with Crippen LogP contribution in [-0.4, -0.2) is 84.9 Å². The molecule has 10 nitrogen and oxygen atoms in total. The third-order valence-corrected chi connectivity index (χ3v) is 7.55. The van der Waals surface area contributed by atoms with E-state index in [1.54, 1.807) is 13.0 Å². The van der Waals surface area contributed by atoms with Crippen LogP contribution in [0.2, 0.25) is 0 Å². The second kappa shape index (κ2) is 13.7. The molecule has 0 aromatic carbocycles. The highest BCUT2D eigenvalue weighted by Crippen LogP contribution is 2.43. The van der Waals surface area contributed by atoms with Gasteiger partial charge in [0.1, 0.15) is 23.9 Å². The molecule has 9 atom stereocenters. The number of carbonyl (C=O) groups excluding carboxylic acids is 3. The number of ether oxygens (including phenoxy) is 5. The van der Waals surface area contributed by atoms with Gasteiger partial charge in [-0.15, -0.1) is 0 Å². The molecule has 3 saturated heterocycles. The van der Waals surface area contributed by atoms with Crippen LogP contribution in [0.1, 0.15) is 60.3 Å². The molecule has 0 saturated carbocycles. The fraction of sp³-hybridized carbons (Fsp3) is 0.690. The summed E-state index contributed by atoms with van der Waals surface area (Å²) in [6, 6.07) is -0.123. The number of methoxy groups -OCH3 is 1. The van der Waals surface area contributed by atoms with Crippen molar-refractivity contribution >= 4 is 17.8 Å². The van der Waals surface area contributed by atoms with Gasteiger partial charge in [0.2, 0.25) is 5.91 Å². The van der Waals surface area contributed by atoms with Crippen molar-refractivity contribution in [2.45, 2.75) is 109 Å². The molecule has 3 rings (SSSR count). The number of esters is 2. The molecule has 0 bridgehead atoms. The minimum Gasteiger partial charge on any atom is -0.469 e. The zero-order chi connectivity index (χ0) is 28.7. The monoisotopic (exact) mass is 549 g/mol. The molecule has 0 aromatic heterocycles. The summed E-state index contributed by atoms with van der Waals surface area (Å²) in [5.41, 5.74) is 0.352. The minimum absolute atomic E-state index is 0.000115. The molecule has 10 heteroatoms. The number of rotatable bonds is 10. The molecule has 218 valence electrons. The van der Waals surface area contributed by atoms with E-state index in [9.17, 15) is 19.5 Å². The van der Waals surface area contributed by atoms with Gasteiger partial charge in [-0.25, -0.2) is 0 Å². The predicted octanol–water partition coefficient (Wildman–Crippen LogP) is 2.54. The summed E-state index contributed by atoms with van der Waals surface area (Å²) in [5.74, 6) is -0.779. The number of carbonyl (C=O) groups is 3. The summed E-state index contributed by atoms with van der Waals surface area (Å²) in [4.78, 5) is 35.1. The summed E-state index contributed by atoms with van der Waals surface area (Å²) in [6.45, 7) is 9.51. The van der Waals surface area contributed by atoms with Crippen LogP contribution in [0.3, 0.4) is 0 Å². The van der Waals surface area contributed by atoms with E-state index in [0.717, 1.165) is 12.0 Å². The van der Waals surface area contributed by atoms with Gasteiger partial charge in [0.25, 0.3) is 0 Å². The highest BCUT2D eigenvalue weighted by atomic mass is 16.6. The molecule has 39 heavy (non-hydrogen) atoms. The van der Waals surface area contributed by atoms with Crippen LogP contribution < -0.4 is 5.32 Å². The van der Waals surface area contributed by atoms with E-state index in [-0.39, 0.29) is 48.6 Å². The lowest BCUT2D eigenvalue weighted by molar-refractivity contribution is -0.157. The predicted molar refractivity (Wildman–Crippen MR) is 143 cm³/mol. The van der Waals surface area contributed by atoms with E-state index >= 15 is 0 Å². The topological polar surface area (TPSA) is 133 Å². The Kier molecular flexibility index (Phi) is 10.9. The van der Waals surface area contributed by atoms with Gasteiger partial charge >= 0.3 is 11.9 Å². The summed E-state index contributed by atoms with van der Waals surface area (Å²) >= 11 is 0. The molecule has 3 heterocycles. The lowest BCUT2D eigenvalue weighted by Crippen LogP contribution is -2.50. The molecule has 0 aliphatic carbocycles. The highest BCUT2D eigenvalue weighted by molar-refractivity contribution is 5.87. The lowest BCUT2D eigenvalue weighted by atomic mass is 9.87. The van der Waals surface area contributed by atoms with Crippen molar-refractivity contribution in [2.24, 2.45) is 5.92 Å². The zero-order valence-corrected chi connectivity index (χ0v) is 23.8. The molecule has 3 aliphatic heterocycles. The fourth-order valence-electron chi connectivity index (χ4n) is 5.16. The molecule has 0 radical (unpaired) electrons. The fourth-order valence-corrected chi connectivity index (χ4v) is 5.16.